The highest BCUT2D eigenvalue weighted by Crippen LogP contribution is 2.42. The van der Waals surface area contributed by atoms with Crippen molar-refractivity contribution in [3.63, 3.8) is 0 Å². The number of hydrogen-bond acceptors (Lipinski definition) is 2. The van der Waals surface area contributed by atoms with Crippen molar-refractivity contribution in [3.05, 3.63) is 114 Å². The fourth-order valence-electron chi connectivity index (χ4n) is 9.13. The van der Waals surface area contributed by atoms with Crippen LogP contribution in [0.3, 0.4) is 0 Å². The van der Waals surface area contributed by atoms with Crippen molar-refractivity contribution < 1.29 is 0 Å². The number of rotatable bonds is 5. The topological polar surface area (TPSA) is 35.6 Å². The maximum absolute atomic E-state index is 4.84. The first kappa shape index (κ1) is 30.7. The van der Waals surface area contributed by atoms with Gasteiger partial charge in [-0.3, -0.25) is 9.97 Å². The van der Waals surface area contributed by atoms with Crippen molar-refractivity contribution in [2.45, 2.75) is 79.1 Å². The SMILES string of the molecule is CC(C)c1ccc2c(c1)c1cc(C(C)C)cc3c1n2-c1cc(-c2cnccn2)cc2c1B3c1cc(C(C)C)cc3c4cc(C(C)C)ccc4n-2c13. The first-order valence-corrected chi connectivity index (χ1v) is 18.8. The molecule has 5 heteroatoms. The zero-order valence-electron chi connectivity index (χ0n) is 30.8. The predicted octanol–water partition coefficient (Wildman–Crippen LogP) is 9.97. The first-order valence-electron chi connectivity index (χ1n) is 18.8. The lowest BCUT2D eigenvalue weighted by Gasteiger charge is -2.35. The van der Waals surface area contributed by atoms with E-state index in [0.717, 1.165) is 11.3 Å². The molecule has 0 spiro atoms. The average Bonchev–Trinajstić information content (AvgIpc) is 3.64. The molecule has 0 saturated carbocycles. The van der Waals surface area contributed by atoms with Gasteiger partial charge in [-0.1, -0.05) is 79.7 Å². The van der Waals surface area contributed by atoms with Gasteiger partial charge in [0, 0.05) is 61.9 Å². The van der Waals surface area contributed by atoms with Crippen molar-refractivity contribution in [2.75, 3.05) is 0 Å². The predicted molar refractivity (Wildman–Crippen MR) is 217 cm³/mol. The molecule has 0 saturated heterocycles. The van der Waals surface area contributed by atoms with E-state index in [1.165, 1.54) is 93.6 Å². The summed E-state index contributed by atoms with van der Waals surface area (Å²) < 4.78 is 5.17. The minimum Gasteiger partial charge on any atom is -0.310 e. The zero-order chi connectivity index (χ0) is 35.0. The van der Waals surface area contributed by atoms with Crippen LogP contribution in [0.4, 0.5) is 0 Å². The highest BCUT2D eigenvalue weighted by molar-refractivity contribution is 7.00. The van der Waals surface area contributed by atoms with Gasteiger partial charge in [-0.15, -0.1) is 0 Å². The van der Waals surface area contributed by atoms with Crippen LogP contribution >= 0.6 is 0 Å². The van der Waals surface area contributed by atoms with E-state index in [1.54, 1.807) is 6.20 Å². The number of nitrogens with zero attached hydrogens (tertiary/aromatic N) is 4. The van der Waals surface area contributed by atoms with Crippen LogP contribution in [0, 0.1) is 0 Å². The van der Waals surface area contributed by atoms with E-state index in [2.05, 4.69) is 142 Å². The van der Waals surface area contributed by atoms with E-state index in [1.807, 2.05) is 12.4 Å². The molecule has 0 amide bonds. The highest BCUT2D eigenvalue weighted by atomic mass is 15.0. The van der Waals surface area contributed by atoms with Gasteiger partial charge in [-0.2, -0.15) is 0 Å². The summed E-state index contributed by atoms with van der Waals surface area (Å²) in [6, 6.07) is 29.2. The van der Waals surface area contributed by atoms with Gasteiger partial charge < -0.3 is 9.13 Å². The standard InChI is InChI=1S/C46H43BN4/c1-24(2)28-9-11-40-33(15-28)35-17-30(26(5)6)19-37-45(35)50(40)42-21-32(39-23-48-13-14-49-39)22-43-44(42)47(37)38-20-31(27(7)8)18-36-34-16-29(25(3)4)10-12-41(34)51(43)46(36)38/h9-27H,1-8H3. The van der Waals surface area contributed by atoms with Crippen LogP contribution in [0.15, 0.2) is 91.4 Å². The van der Waals surface area contributed by atoms with Crippen LogP contribution in [0.1, 0.15) is 101 Å². The van der Waals surface area contributed by atoms with E-state index in [0.29, 0.717) is 23.7 Å². The van der Waals surface area contributed by atoms with Crippen molar-refractivity contribution >= 4 is 66.7 Å². The van der Waals surface area contributed by atoms with Gasteiger partial charge in [0.05, 0.1) is 22.9 Å². The van der Waals surface area contributed by atoms with Gasteiger partial charge in [0.25, 0.3) is 6.71 Å². The molecule has 0 atom stereocenters. The monoisotopic (exact) mass is 662 g/mol. The Balaban J connectivity index is 1.45. The Morgan fingerprint density at radius 2 is 0.980 bits per heavy atom. The maximum atomic E-state index is 4.84. The molecule has 5 heterocycles. The quantitative estimate of drug-likeness (QED) is 0.172. The molecule has 10 rings (SSSR count). The molecular weight excluding hydrogens is 619 g/mol. The Bertz CT molecular complexity index is 2590. The second-order valence-electron chi connectivity index (χ2n) is 16.3. The summed E-state index contributed by atoms with van der Waals surface area (Å²) >= 11 is 0. The minimum absolute atomic E-state index is 0.0936. The molecule has 250 valence electrons. The third kappa shape index (κ3) is 4.15. The van der Waals surface area contributed by atoms with Crippen molar-refractivity contribution in [2.24, 2.45) is 0 Å². The minimum atomic E-state index is 0.0936. The Morgan fingerprint density at radius 1 is 0.510 bits per heavy atom. The molecule has 8 aromatic rings. The van der Waals surface area contributed by atoms with Crippen LogP contribution in [0.5, 0.6) is 0 Å². The highest BCUT2D eigenvalue weighted by Gasteiger charge is 2.42. The molecule has 0 unspecified atom stereocenters. The molecule has 5 aromatic carbocycles. The summed E-state index contributed by atoms with van der Waals surface area (Å²) in [5, 5.41) is 5.39. The Morgan fingerprint density at radius 3 is 1.41 bits per heavy atom. The summed E-state index contributed by atoms with van der Waals surface area (Å²) in [5.74, 6) is 1.71. The lowest BCUT2D eigenvalue weighted by molar-refractivity contribution is 0.868. The average molecular weight is 663 g/mol. The fraction of sp³-hybridized carbons (Fsp3) is 0.261. The lowest BCUT2D eigenvalue weighted by atomic mass is 9.34. The summed E-state index contributed by atoms with van der Waals surface area (Å²) in [5.41, 5.74) is 19.4. The normalized spacial score (nSPS) is 13.4. The lowest BCUT2D eigenvalue weighted by Crippen LogP contribution is -2.59. The molecule has 0 bridgehead atoms. The second kappa shape index (κ2) is 10.7. The van der Waals surface area contributed by atoms with Crippen LogP contribution in [0.2, 0.25) is 0 Å². The van der Waals surface area contributed by atoms with E-state index in [-0.39, 0.29) is 6.71 Å². The molecule has 4 nitrogen and oxygen atoms in total. The Hall–Kier alpha value is -5.16. The van der Waals surface area contributed by atoms with Crippen LogP contribution in [0.25, 0.3) is 66.2 Å². The molecule has 2 aliphatic heterocycles. The van der Waals surface area contributed by atoms with E-state index < -0.39 is 0 Å². The molecule has 51 heavy (non-hydrogen) atoms. The number of hydrogen-bond donors (Lipinski definition) is 0. The molecule has 0 fully saturated rings. The third-order valence-corrected chi connectivity index (χ3v) is 11.9. The maximum Gasteiger partial charge on any atom is 0.252 e. The molecule has 0 aliphatic carbocycles. The van der Waals surface area contributed by atoms with Crippen molar-refractivity contribution in [1.29, 1.82) is 0 Å². The summed E-state index contributed by atoms with van der Waals surface area (Å²) in [6.07, 6.45) is 5.47. The number of fused-ring (bicyclic) bond motifs is 10. The first-order chi connectivity index (χ1) is 24.6. The fourth-order valence-corrected chi connectivity index (χ4v) is 9.13. The number of aromatic nitrogens is 4. The summed E-state index contributed by atoms with van der Waals surface area (Å²) in [6.45, 7) is 18.6. The van der Waals surface area contributed by atoms with E-state index in [9.17, 15) is 0 Å². The van der Waals surface area contributed by atoms with Gasteiger partial charge in [-0.25, -0.2) is 0 Å². The van der Waals surface area contributed by atoms with Gasteiger partial charge in [0.1, 0.15) is 0 Å². The van der Waals surface area contributed by atoms with Gasteiger partial charge in [0.2, 0.25) is 0 Å². The van der Waals surface area contributed by atoms with Crippen LogP contribution in [-0.4, -0.2) is 25.8 Å². The van der Waals surface area contributed by atoms with Crippen molar-refractivity contribution in [3.8, 4) is 22.6 Å². The molecule has 0 N–H and O–H groups in total. The summed E-state index contributed by atoms with van der Waals surface area (Å²) in [7, 11) is 0. The molecule has 2 aliphatic rings. The van der Waals surface area contributed by atoms with Crippen molar-refractivity contribution in [1.82, 2.24) is 19.1 Å². The second-order valence-corrected chi connectivity index (χ2v) is 16.3. The van der Waals surface area contributed by atoms with Gasteiger partial charge >= 0.3 is 0 Å². The van der Waals surface area contributed by atoms with Crippen LogP contribution in [-0.2, 0) is 0 Å². The Labute approximate surface area is 300 Å². The van der Waals surface area contributed by atoms with E-state index >= 15 is 0 Å². The largest absolute Gasteiger partial charge is 0.310 e. The molecule has 3 aromatic heterocycles. The van der Waals surface area contributed by atoms with Crippen LogP contribution < -0.4 is 16.4 Å². The third-order valence-electron chi connectivity index (χ3n) is 11.9. The van der Waals surface area contributed by atoms with Gasteiger partial charge in [-0.05, 0) is 111 Å². The van der Waals surface area contributed by atoms with Gasteiger partial charge in [0.15, 0.2) is 0 Å². The smallest absolute Gasteiger partial charge is 0.252 e. The summed E-state index contributed by atoms with van der Waals surface area (Å²) in [4.78, 5) is 9.36. The zero-order valence-corrected chi connectivity index (χ0v) is 30.8. The van der Waals surface area contributed by atoms with E-state index in [4.69, 9.17) is 4.98 Å². The number of benzene rings is 5. The molecular formula is C46H43BN4. The Kier molecular flexibility index (Phi) is 6.42. The molecule has 0 radical (unpaired) electrons.